The van der Waals surface area contributed by atoms with Crippen LogP contribution in [0.4, 0.5) is 0 Å². The molecule has 1 aromatic heterocycles. The second kappa shape index (κ2) is 5.20. The Bertz CT molecular complexity index is 650. The van der Waals surface area contributed by atoms with Gasteiger partial charge < -0.3 is 10.5 Å². The second-order valence-corrected chi connectivity index (χ2v) is 5.28. The van der Waals surface area contributed by atoms with E-state index in [0.29, 0.717) is 17.4 Å². The Morgan fingerprint density at radius 2 is 2.25 bits per heavy atom. The fraction of sp³-hybridized carbons (Fsp3) is 0.286. The number of thiol groups is 1. The molecule has 1 fully saturated rings. The molecule has 104 valence electrons. The highest BCUT2D eigenvalue weighted by molar-refractivity contribution is 7.78. The number of rotatable bonds is 5. The van der Waals surface area contributed by atoms with E-state index in [-0.39, 0.29) is 6.61 Å². The lowest BCUT2D eigenvalue weighted by atomic mass is 9.98. The lowest BCUT2D eigenvalue weighted by Crippen LogP contribution is -2.16. The summed E-state index contributed by atoms with van der Waals surface area (Å²) in [5.41, 5.74) is 8.01. The number of hydrogen-bond donors (Lipinski definition) is 2. The Labute approximate surface area is 122 Å². The molecule has 0 bridgehead atoms. The van der Waals surface area contributed by atoms with Crippen LogP contribution in [0.25, 0.3) is 0 Å². The lowest BCUT2D eigenvalue weighted by molar-refractivity contribution is 0.0997. The predicted molar refractivity (Wildman–Crippen MR) is 77.9 cm³/mol. The third-order valence-corrected chi connectivity index (χ3v) is 3.63. The monoisotopic (exact) mass is 289 g/mol. The van der Waals surface area contributed by atoms with Crippen LogP contribution in [0.1, 0.15) is 40.2 Å². The van der Waals surface area contributed by atoms with E-state index in [9.17, 15) is 4.79 Å². The van der Waals surface area contributed by atoms with Crippen molar-refractivity contribution in [3.8, 4) is 5.88 Å². The molecule has 2 N–H and O–H groups in total. The summed E-state index contributed by atoms with van der Waals surface area (Å²) in [5.74, 6) is 0.571. The number of nitrogens with zero attached hydrogens (tertiary/aromatic N) is 2. The van der Waals surface area contributed by atoms with Gasteiger partial charge in [0.1, 0.15) is 6.61 Å². The van der Waals surface area contributed by atoms with Crippen molar-refractivity contribution in [1.29, 1.82) is 0 Å². The van der Waals surface area contributed by atoms with Gasteiger partial charge in [0.05, 0.1) is 0 Å². The van der Waals surface area contributed by atoms with Gasteiger partial charge in [-0.2, -0.15) is 0 Å². The molecule has 0 atom stereocenters. The van der Waals surface area contributed by atoms with Gasteiger partial charge in [0, 0.05) is 23.4 Å². The van der Waals surface area contributed by atoms with Gasteiger partial charge in [0.2, 0.25) is 11.8 Å². The largest absolute Gasteiger partial charge is 0.472 e. The van der Waals surface area contributed by atoms with E-state index >= 15 is 0 Å². The van der Waals surface area contributed by atoms with E-state index in [1.165, 1.54) is 4.09 Å². The Hall–Kier alpha value is -1.95. The Balaban J connectivity index is 1.87. The molecule has 2 aromatic rings. The number of hydrogen-bond acceptors (Lipinski definition) is 4. The lowest BCUT2D eigenvalue weighted by Gasteiger charge is -2.12. The summed E-state index contributed by atoms with van der Waals surface area (Å²) in [6, 6.07) is 7.38. The number of nitrogens with two attached hydrogens (primary N) is 1. The number of primary amides is 1. The van der Waals surface area contributed by atoms with E-state index in [1.54, 1.807) is 18.3 Å². The Kier molecular flexibility index (Phi) is 3.40. The van der Waals surface area contributed by atoms with Gasteiger partial charge in [-0.05, 0) is 43.2 Å². The van der Waals surface area contributed by atoms with Gasteiger partial charge in [-0.15, -0.1) is 5.10 Å². The van der Waals surface area contributed by atoms with Crippen LogP contribution >= 0.6 is 12.8 Å². The van der Waals surface area contributed by atoms with E-state index < -0.39 is 5.91 Å². The first-order valence-corrected chi connectivity index (χ1v) is 6.84. The molecule has 1 aromatic carbocycles. The molecule has 1 aliphatic rings. The predicted octanol–water partition coefficient (Wildman–Crippen LogP) is 2.13. The summed E-state index contributed by atoms with van der Waals surface area (Å²) in [5, 5.41) is 4.03. The summed E-state index contributed by atoms with van der Waals surface area (Å²) >= 11 is 4.05. The zero-order chi connectivity index (χ0) is 14.1. The SMILES string of the molecule is NC(=O)c1cccc(C2CC2)c1COc1ccn(S)n1. The summed E-state index contributed by atoms with van der Waals surface area (Å²) in [7, 11) is 0. The van der Waals surface area contributed by atoms with Crippen molar-refractivity contribution in [2.45, 2.75) is 25.4 Å². The number of ether oxygens (including phenoxy) is 1. The van der Waals surface area contributed by atoms with Crippen LogP contribution in [0.5, 0.6) is 5.88 Å². The summed E-state index contributed by atoms with van der Waals surface area (Å²) < 4.78 is 7.01. The normalized spacial score (nSPS) is 14.2. The molecule has 1 amide bonds. The van der Waals surface area contributed by atoms with Crippen molar-refractivity contribution in [3.63, 3.8) is 0 Å². The van der Waals surface area contributed by atoms with Gasteiger partial charge >= 0.3 is 0 Å². The number of aromatic nitrogens is 2. The highest BCUT2D eigenvalue weighted by Gasteiger charge is 2.28. The summed E-state index contributed by atoms with van der Waals surface area (Å²) in [4.78, 5) is 11.6. The molecule has 6 heteroatoms. The van der Waals surface area contributed by atoms with Gasteiger partial charge in [0.15, 0.2) is 0 Å². The third kappa shape index (κ3) is 2.65. The van der Waals surface area contributed by atoms with Crippen molar-refractivity contribution in [3.05, 3.63) is 47.2 Å². The molecular weight excluding hydrogens is 274 g/mol. The van der Waals surface area contributed by atoms with E-state index in [2.05, 4.69) is 17.9 Å². The van der Waals surface area contributed by atoms with E-state index in [1.807, 2.05) is 12.1 Å². The second-order valence-electron chi connectivity index (χ2n) is 4.87. The smallest absolute Gasteiger partial charge is 0.249 e. The highest BCUT2D eigenvalue weighted by Crippen LogP contribution is 2.42. The van der Waals surface area contributed by atoms with Gasteiger partial charge in [0.25, 0.3) is 0 Å². The third-order valence-electron chi connectivity index (χ3n) is 3.41. The maximum Gasteiger partial charge on any atom is 0.249 e. The molecule has 20 heavy (non-hydrogen) atoms. The molecule has 0 spiro atoms. The summed E-state index contributed by atoms with van der Waals surface area (Å²) in [6.45, 7) is 0.287. The molecular formula is C14H15N3O2S. The molecule has 0 unspecified atom stereocenters. The first-order valence-electron chi connectivity index (χ1n) is 6.44. The zero-order valence-corrected chi connectivity index (χ0v) is 11.7. The van der Waals surface area contributed by atoms with Crippen LogP contribution < -0.4 is 10.5 Å². The fourth-order valence-corrected chi connectivity index (χ4v) is 2.45. The van der Waals surface area contributed by atoms with Crippen molar-refractivity contribution in [2.24, 2.45) is 5.73 Å². The Morgan fingerprint density at radius 1 is 1.45 bits per heavy atom. The number of carbonyl (C=O) groups excluding carboxylic acids is 1. The van der Waals surface area contributed by atoms with Crippen LogP contribution in [0.3, 0.4) is 0 Å². The van der Waals surface area contributed by atoms with Crippen LogP contribution in [0.2, 0.25) is 0 Å². The van der Waals surface area contributed by atoms with Crippen LogP contribution in [-0.4, -0.2) is 15.1 Å². The quantitative estimate of drug-likeness (QED) is 0.828. The molecule has 5 nitrogen and oxygen atoms in total. The minimum absolute atomic E-state index is 0.287. The van der Waals surface area contributed by atoms with Crippen LogP contribution in [0, 0.1) is 0 Å². The standard InChI is InChI=1S/C14H15N3O2S/c15-14(18)11-3-1-2-10(9-4-5-9)12(11)8-19-13-6-7-17(20)16-13/h1-3,6-7,9,20H,4-5,8H2,(H2,15,18). The molecule has 3 rings (SSSR count). The first kappa shape index (κ1) is 13.1. The average molecular weight is 289 g/mol. The molecule has 1 saturated carbocycles. The minimum atomic E-state index is -0.425. The minimum Gasteiger partial charge on any atom is -0.472 e. The van der Waals surface area contributed by atoms with Crippen molar-refractivity contribution >= 4 is 18.7 Å². The molecule has 1 heterocycles. The molecule has 1 aliphatic carbocycles. The molecule has 0 aliphatic heterocycles. The topological polar surface area (TPSA) is 70.1 Å². The van der Waals surface area contributed by atoms with Gasteiger partial charge in [-0.25, -0.2) is 4.09 Å². The van der Waals surface area contributed by atoms with Gasteiger partial charge in [-0.1, -0.05) is 12.1 Å². The molecule has 0 saturated heterocycles. The zero-order valence-electron chi connectivity index (χ0n) is 10.8. The molecule has 0 radical (unpaired) electrons. The fourth-order valence-electron chi connectivity index (χ4n) is 2.29. The average Bonchev–Trinajstić information content (AvgIpc) is 3.19. The van der Waals surface area contributed by atoms with Crippen molar-refractivity contribution in [2.75, 3.05) is 0 Å². The van der Waals surface area contributed by atoms with Crippen molar-refractivity contribution in [1.82, 2.24) is 9.19 Å². The number of amides is 1. The number of benzene rings is 1. The van der Waals surface area contributed by atoms with E-state index in [4.69, 9.17) is 10.5 Å². The van der Waals surface area contributed by atoms with Crippen LogP contribution in [0.15, 0.2) is 30.5 Å². The Morgan fingerprint density at radius 3 is 2.85 bits per heavy atom. The maximum atomic E-state index is 11.6. The first-order chi connectivity index (χ1) is 9.65. The van der Waals surface area contributed by atoms with Gasteiger partial charge in [-0.3, -0.25) is 4.79 Å². The van der Waals surface area contributed by atoms with E-state index in [0.717, 1.165) is 24.0 Å². The maximum absolute atomic E-state index is 11.6. The van der Waals surface area contributed by atoms with Crippen molar-refractivity contribution < 1.29 is 9.53 Å². The summed E-state index contributed by atoms with van der Waals surface area (Å²) in [6.07, 6.45) is 3.99. The number of carbonyl (C=O) groups is 1. The highest BCUT2D eigenvalue weighted by atomic mass is 32.1. The van der Waals surface area contributed by atoms with Crippen LogP contribution in [-0.2, 0) is 6.61 Å².